The number of anilines is 1. The molecule has 0 spiro atoms. The topological polar surface area (TPSA) is 54.9 Å². The molecular weight excluding hydrogens is 312 g/mol. The van der Waals surface area contributed by atoms with E-state index in [9.17, 15) is 13.6 Å². The minimum absolute atomic E-state index is 0.0124. The molecule has 0 unspecified atom stereocenters. The summed E-state index contributed by atoms with van der Waals surface area (Å²) in [6.45, 7) is 5.78. The molecule has 1 aliphatic carbocycles. The number of alkyl halides is 2. The first kappa shape index (κ1) is 16.5. The molecule has 24 heavy (non-hydrogen) atoms. The minimum atomic E-state index is -2.72. The van der Waals surface area contributed by atoms with Gasteiger partial charge in [0, 0.05) is 11.6 Å². The average Bonchev–Trinajstić information content (AvgIpc) is 3.35. The summed E-state index contributed by atoms with van der Waals surface area (Å²) in [5.41, 5.74) is 3.23. The summed E-state index contributed by atoms with van der Waals surface area (Å²) >= 11 is 0. The molecule has 1 aromatic carbocycles. The van der Waals surface area contributed by atoms with Crippen molar-refractivity contribution in [2.24, 2.45) is 0 Å². The number of carbonyl (C=O) groups excluding carboxylic acids is 1. The lowest BCUT2D eigenvalue weighted by atomic mass is 10.0. The number of nitrogens with one attached hydrogen (secondary N) is 1. The minimum Gasteiger partial charge on any atom is -0.320 e. The van der Waals surface area contributed by atoms with Crippen molar-refractivity contribution >= 4 is 11.6 Å². The fraction of sp³-hybridized carbons (Fsp3) is 0.389. The smallest absolute Gasteiger partial charge is 0.280 e. The van der Waals surface area contributed by atoms with Gasteiger partial charge >= 0.3 is 0 Å². The lowest BCUT2D eigenvalue weighted by Crippen LogP contribution is -2.17. The second-order valence-electron chi connectivity index (χ2n) is 6.34. The van der Waals surface area contributed by atoms with E-state index >= 15 is 0 Å². The van der Waals surface area contributed by atoms with Gasteiger partial charge in [-0.3, -0.25) is 4.79 Å². The third-order valence-corrected chi connectivity index (χ3v) is 4.08. The maximum atomic E-state index is 13.1. The molecule has 1 aliphatic rings. The Bertz CT molecular complexity index is 758. The molecule has 0 atom stereocenters. The summed E-state index contributed by atoms with van der Waals surface area (Å²) in [4.78, 5) is 20.6. The van der Waals surface area contributed by atoms with Gasteiger partial charge in [0.1, 0.15) is 17.2 Å². The molecule has 0 saturated heterocycles. The van der Waals surface area contributed by atoms with Gasteiger partial charge in [0.05, 0.1) is 0 Å². The van der Waals surface area contributed by atoms with Crippen LogP contribution in [0.1, 0.15) is 63.9 Å². The van der Waals surface area contributed by atoms with Crippen molar-refractivity contribution in [3.63, 3.8) is 0 Å². The van der Waals surface area contributed by atoms with Gasteiger partial charge in [0.2, 0.25) is 0 Å². The van der Waals surface area contributed by atoms with Gasteiger partial charge in [-0.2, -0.15) is 0 Å². The SMILES string of the molecule is Cc1cc(C)c(NC(=O)c2cc(C(F)F)nc(C3CC3)n2)c(C)c1. The number of halogens is 2. The quantitative estimate of drug-likeness (QED) is 0.899. The van der Waals surface area contributed by atoms with Crippen LogP contribution in [0.25, 0.3) is 0 Å². The molecule has 0 bridgehead atoms. The molecule has 6 heteroatoms. The Balaban J connectivity index is 1.92. The van der Waals surface area contributed by atoms with Gasteiger partial charge in [-0.25, -0.2) is 18.7 Å². The van der Waals surface area contributed by atoms with Crippen molar-refractivity contribution in [2.45, 2.75) is 46.0 Å². The normalized spacial score (nSPS) is 14.1. The van der Waals surface area contributed by atoms with Crippen LogP contribution in [0.5, 0.6) is 0 Å². The summed E-state index contributed by atoms with van der Waals surface area (Å²) in [5, 5.41) is 2.80. The Morgan fingerprint density at radius 1 is 1.12 bits per heavy atom. The predicted octanol–water partition coefficient (Wildman–Crippen LogP) is 4.47. The number of aromatic nitrogens is 2. The first-order valence-electron chi connectivity index (χ1n) is 7.91. The fourth-order valence-corrected chi connectivity index (χ4v) is 2.79. The number of aryl methyl sites for hydroxylation is 3. The monoisotopic (exact) mass is 331 g/mol. The first-order chi connectivity index (χ1) is 11.3. The van der Waals surface area contributed by atoms with Crippen LogP contribution in [-0.4, -0.2) is 15.9 Å². The summed E-state index contributed by atoms with van der Waals surface area (Å²) < 4.78 is 26.1. The van der Waals surface area contributed by atoms with Gasteiger partial charge < -0.3 is 5.32 Å². The van der Waals surface area contributed by atoms with Crippen molar-refractivity contribution in [1.82, 2.24) is 9.97 Å². The van der Waals surface area contributed by atoms with Gasteiger partial charge in [0.25, 0.3) is 12.3 Å². The molecule has 1 aromatic heterocycles. The molecule has 1 amide bonds. The molecule has 1 fully saturated rings. The summed E-state index contributed by atoms with van der Waals surface area (Å²) in [5.74, 6) is -0.0512. The number of hydrogen-bond acceptors (Lipinski definition) is 3. The van der Waals surface area contributed by atoms with E-state index in [1.165, 1.54) is 0 Å². The zero-order valence-corrected chi connectivity index (χ0v) is 13.9. The van der Waals surface area contributed by atoms with Crippen molar-refractivity contribution in [3.05, 3.63) is 52.1 Å². The Hall–Kier alpha value is -2.37. The largest absolute Gasteiger partial charge is 0.320 e. The average molecular weight is 331 g/mol. The second-order valence-corrected chi connectivity index (χ2v) is 6.34. The zero-order chi connectivity index (χ0) is 17.4. The third-order valence-electron chi connectivity index (χ3n) is 4.08. The predicted molar refractivity (Wildman–Crippen MR) is 87.6 cm³/mol. The van der Waals surface area contributed by atoms with Crippen LogP contribution in [0.3, 0.4) is 0 Å². The van der Waals surface area contributed by atoms with E-state index < -0.39 is 18.0 Å². The molecule has 126 valence electrons. The number of nitrogens with zero attached hydrogens (tertiary/aromatic N) is 2. The van der Waals surface area contributed by atoms with E-state index in [0.717, 1.165) is 35.6 Å². The molecule has 4 nitrogen and oxygen atoms in total. The Morgan fingerprint density at radius 2 is 1.75 bits per heavy atom. The van der Waals surface area contributed by atoms with Gasteiger partial charge in [-0.15, -0.1) is 0 Å². The van der Waals surface area contributed by atoms with Crippen LogP contribution < -0.4 is 5.32 Å². The van der Waals surface area contributed by atoms with E-state index in [1.807, 2.05) is 32.9 Å². The van der Waals surface area contributed by atoms with Crippen molar-refractivity contribution in [1.29, 1.82) is 0 Å². The molecular formula is C18H19F2N3O. The number of rotatable bonds is 4. The lowest BCUT2D eigenvalue weighted by Gasteiger charge is -2.13. The van der Waals surface area contributed by atoms with E-state index in [1.54, 1.807) is 0 Å². The molecule has 0 aliphatic heterocycles. The molecule has 2 aromatic rings. The summed E-state index contributed by atoms with van der Waals surface area (Å²) in [6, 6.07) is 5.00. The van der Waals surface area contributed by atoms with Crippen molar-refractivity contribution < 1.29 is 13.6 Å². The third kappa shape index (κ3) is 3.42. The Kier molecular flexibility index (Phi) is 4.30. The van der Waals surface area contributed by atoms with E-state index in [2.05, 4.69) is 15.3 Å². The van der Waals surface area contributed by atoms with Crippen LogP contribution in [-0.2, 0) is 0 Å². The van der Waals surface area contributed by atoms with Crippen LogP contribution >= 0.6 is 0 Å². The first-order valence-corrected chi connectivity index (χ1v) is 7.91. The van der Waals surface area contributed by atoms with Crippen molar-refractivity contribution in [3.8, 4) is 0 Å². The second kappa shape index (κ2) is 6.26. The number of amides is 1. The highest BCUT2D eigenvalue weighted by molar-refractivity contribution is 6.03. The highest BCUT2D eigenvalue weighted by atomic mass is 19.3. The van der Waals surface area contributed by atoms with Crippen LogP contribution in [0, 0.1) is 20.8 Å². The zero-order valence-electron chi connectivity index (χ0n) is 13.9. The van der Waals surface area contributed by atoms with Gasteiger partial charge in [-0.05, 0) is 50.8 Å². The highest BCUT2D eigenvalue weighted by Crippen LogP contribution is 2.38. The maximum absolute atomic E-state index is 13.1. The molecule has 1 saturated carbocycles. The molecule has 1 N–H and O–H groups in total. The Labute approximate surface area is 139 Å². The Morgan fingerprint density at radius 3 is 2.29 bits per heavy atom. The standard InChI is InChI=1S/C18H19F2N3O/c1-9-6-10(2)15(11(3)7-9)23-18(24)14-8-13(16(19)20)21-17(22-14)12-4-5-12/h6-8,12,16H,4-5H2,1-3H3,(H,23,24). The summed E-state index contributed by atoms with van der Waals surface area (Å²) in [7, 11) is 0. The molecule has 0 radical (unpaired) electrons. The number of hydrogen-bond donors (Lipinski definition) is 1. The van der Waals surface area contributed by atoms with E-state index in [0.29, 0.717) is 11.5 Å². The molecule has 1 heterocycles. The van der Waals surface area contributed by atoms with Crippen LogP contribution in [0.4, 0.5) is 14.5 Å². The summed E-state index contributed by atoms with van der Waals surface area (Å²) in [6.07, 6.45) is -0.965. The van der Waals surface area contributed by atoms with Crippen LogP contribution in [0.2, 0.25) is 0 Å². The lowest BCUT2D eigenvalue weighted by molar-refractivity contribution is 0.102. The molecule has 3 rings (SSSR count). The highest BCUT2D eigenvalue weighted by Gasteiger charge is 2.29. The van der Waals surface area contributed by atoms with Crippen molar-refractivity contribution in [2.75, 3.05) is 5.32 Å². The fourth-order valence-electron chi connectivity index (χ4n) is 2.79. The van der Waals surface area contributed by atoms with Gasteiger partial charge in [-0.1, -0.05) is 17.7 Å². The van der Waals surface area contributed by atoms with Crippen LogP contribution in [0.15, 0.2) is 18.2 Å². The number of benzene rings is 1. The number of carbonyl (C=O) groups is 1. The maximum Gasteiger partial charge on any atom is 0.280 e. The van der Waals surface area contributed by atoms with E-state index in [-0.39, 0.29) is 11.6 Å². The van der Waals surface area contributed by atoms with Gasteiger partial charge in [0.15, 0.2) is 0 Å². The van der Waals surface area contributed by atoms with E-state index in [4.69, 9.17) is 0 Å².